The highest BCUT2D eigenvalue weighted by atomic mass is 79.9. The van der Waals surface area contributed by atoms with E-state index in [2.05, 4.69) is 15.9 Å². The first-order chi connectivity index (χ1) is 9.75. The molecule has 1 N–H and O–H groups in total. The lowest BCUT2D eigenvalue weighted by Gasteiger charge is -2.25. The molecule has 20 heavy (non-hydrogen) atoms. The molecule has 1 unspecified atom stereocenters. The molecule has 1 fully saturated rings. The van der Waals surface area contributed by atoms with Gasteiger partial charge in [0.1, 0.15) is 13.2 Å². The minimum atomic E-state index is -0.403. The molecule has 2 aliphatic rings. The predicted octanol–water partition coefficient (Wildman–Crippen LogP) is 4.22. The molecule has 110 valence electrons. The van der Waals surface area contributed by atoms with Crippen LogP contribution in [0.15, 0.2) is 16.6 Å². The molecule has 0 saturated heterocycles. The van der Waals surface area contributed by atoms with E-state index in [1.807, 2.05) is 12.1 Å². The third-order valence-corrected chi connectivity index (χ3v) is 4.90. The van der Waals surface area contributed by atoms with Crippen LogP contribution in [-0.2, 0) is 0 Å². The molecular weight excluding hydrogens is 320 g/mol. The molecule has 1 aromatic carbocycles. The molecule has 1 aromatic rings. The molecule has 1 aliphatic heterocycles. The maximum Gasteiger partial charge on any atom is 0.175 e. The highest BCUT2D eigenvalue weighted by molar-refractivity contribution is 9.10. The summed E-state index contributed by atoms with van der Waals surface area (Å²) in [6.07, 6.45) is 6.89. The summed E-state index contributed by atoms with van der Waals surface area (Å²) in [6.45, 7) is 1.15. The van der Waals surface area contributed by atoms with Gasteiger partial charge in [-0.05, 0) is 52.4 Å². The number of halogens is 1. The summed E-state index contributed by atoms with van der Waals surface area (Å²) in [4.78, 5) is 0. The molecular formula is C16H21BrO3. The molecule has 0 amide bonds. The number of hydrogen-bond donors (Lipinski definition) is 1. The molecule has 1 saturated carbocycles. The van der Waals surface area contributed by atoms with Crippen LogP contribution in [0.1, 0.15) is 50.2 Å². The largest absolute Gasteiger partial charge is 0.486 e. The molecule has 0 spiro atoms. The highest BCUT2D eigenvalue weighted by Gasteiger charge is 2.25. The minimum Gasteiger partial charge on any atom is -0.486 e. The van der Waals surface area contributed by atoms with Crippen LogP contribution in [0, 0.1) is 5.92 Å². The second-order valence-electron chi connectivity index (χ2n) is 5.72. The zero-order valence-corrected chi connectivity index (χ0v) is 13.2. The molecule has 0 radical (unpaired) electrons. The number of fused-ring (bicyclic) bond motifs is 1. The van der Waals surface area contributed by atoms with Crippen molar-refractivity contribution in [2.75, 3.05) is 13.2 Å². The summed E-state index contributed by atoms with van der Waals surface area (Å²) < 4.78 is 12.1. The van der Waals surface area contributed by atoms with Gasteiger partial charge in [-0.25, -0.2) is 0 Å². The van der Waals surface area contributed by atoms with Crippen LogP contribution in [0.3, 0.4) is 0 Å². The van der Waals surface area contributed by atoms with E-state index in [-0.39, 0.29) is 0 Å². The van der Waals surface area contributed by atoms with Crippen molar-refractivity contribution >= 4 is 15.9 Å². The van der Waals surface area contributed by atoms with Gasteiger partial charge in [0.25, 0.3) is 0 Å². The van der Waals surface area contributed by atoms with E-state index in [0.29, 0.717) is 19.1 Å². The third kappa shape index (κ3) is 2.96. The fourth-order valence-corrected chi connectivity index (χ4v) is 3.77. The summed E-state index contributed by atoms with van der Waals surface area (Å²) in [7, 11) is 0. The van der Waals surface area contributed by atoms with Crippen LogP contribution in [0.5, 0.6) is 11.5 Å². The Bertz CT molecular complexity index is 467. The van der Waals surface area contributed by atoms with Crippen molar-refractivity contribution in [3.8, 4) is 11.5 Å². The number of hydrogen-bond acceptors (Lipinski definition) is 3. The smallest absolute Gasteiger partial charge is 0.175 e. The Morgan fingerprint density at radius 3 is 2.50 bits per heavy atom. The Morgan fingerprint density at radius 1 is 1.05 bits per heavy atom. The van der Waals surface area contributed by atoms with Gasteiger partial charge in [0.2, 0.25) is 0 Å². The van der Waals surface area contributed by atoms with E-state index in [9.17, 15) is 5.11 Å². The molecule has 3 nitrogen and oxygen atoms in total. The first-order valence-electron chi connectivity index (χ1n) is 7.53. The standard InChI is InChI=1S/C16H21BrO3/c17-13-9-12(10-14-16(13)20-8-7-19-14)15(18)11-5-3-1-2-4-6-11/h9-11,15,18H,1-8H2. The first kappa shape index (κ1) is 14.2. The highest BCUT2D eigenvalue weighted by Crippen LogP contribution is 2.42. The average molecular weight is 341 g/mol. The van der Waals surface area contributed by atoms with Gasteiger partial charge in [0, 0.05) is 0 Å². The number of rotatable bonds is 2. The summed E-state index contributed by atoms with van der Waals surface area (Å²) >= 11 is 3.52. The maximum atomic E-state index is 10.7. The Morgan fingerprint density at radius 2 is 1.75 bits per heavy atom. The van der Waals surface area contributed by atoms with E-state index in [1.54, 1.807) is 0 Å². The quantitative estimate of drug-likeness (QED) is 0.819. The summed E-state index contributed by atoms with van der Waals surface area (Å²) in [5.74, 6) is 1.87. The number of aliphatic hydroxyl groups excluding tert-OH is 1. The van der Waals surface area contributed by atoms with Crippen LogP contribution < -0.4 is 9.47 Å². The van der Waals surface area contributed by atoms with Gasteiger partial charge >= 0.3 is 0 Å². The zero-order chi connectivity index (χ0) is 13.9. The molecule has 3 rings (SSSR count). The molecule has 4 heteroatoms. The second-order valence-corrected chi connectivity index (χ2v) is 6.58. The van der Waals surface area contributed by atoms with Gasteiger partial charge in [0.15, 0.2) is 11.5 Å². The summed E-state index contributed by atoms with van der Waals surface area (Å²) in [6, 6.07) is 3.91. The monoisotopic (exact) mass is 340 g/mol. The van der Waals surface area contributed by atoms with Gasteiger partial charge in [-0.3, -0.25) is 0 Å². The van der Waals surface area contributed by atoms with E-state index < -0.39 is 6.10 Å². The van der Waals surface area contributed by atoms with Gasteiger partial charge in [-0.1, -0.05) is 25.7 Å². The lowest BCUT2D eigenvalue weighted by molar-refractivity contribution is 0.0976. The number of aliphatic hydroxyl groups is 1. The fourth-order valence-electron chi connectivity index (χ4n) is 3.20. The molecule has 1 atom stereocenters. The van der Waals surface area contributed by atoms with Crippen molar-refractivity contribution in [3.63, 3.8) is 0 Å². The van der Waals surface area contributed by atoms with Crippen LogP contribution in [0.4, 0.5) is 0 Å². The SMILES string of the molecule is OC(c1cc(Br)c2c(c1)OCCO2)C1CCCCCC1. The third-order valence-electron chi connectivity index (χ3n) is 4.31. The van der Waals surface area contributed by atoms with Crippen molar-refractivity contribution < 1.29 is 14.6 Å². The van der Waals surface area contributed by atoms with Crippen molar-refractivity contribution in [2.24, 2.45) is 5.92 Å². The topological polar surface area (TPSA) is 38.7 Å². The maximum absolute atomic E-state index is 10.7. The van der Waals surface area contributed by atoms with Crippen LogP contribution in [0.25, 0.3) is 0 Å². The minimum absolute atomic E-state index is 0.368. The average Bonchev–Trinajstić information content (AvgIpc) is 2.75. The van der Waals surface area contributed by atoms with Gasteiger partial charge < -0.3 is 14.6 Å². The molecule has 1 aliphatic carbocycles. The van der Waals surface area contributed by atoms with Crippen molar-refractivity contribution in [1.29, 1.82) is 0 Å². The van der Waals surface area contributed by atoms with Crippen molar-refractivity contribution in [3.05, 3.63) is 22.2 Å². The molecule has 0 bridgehead atoms. The summed E-state index contributed by atoms with van der Waals surface area (Å²) in [5.41, 5.74) is 0.938. The Balaban J connectivity index is 1.83. The van der Waals surface area contributed by atoms with E-state index in [0.717, 1.165) is 34.4 Å². The second kappa shape index (κ2) is 6.35. The zero-order valence-electron chi connectivity index (χ0n) is 11.6. The Kier molecular flexibility index (Phi) is 4.51. The van der Waals surface area contributed by atoms with E-state index in [1.165, 1.54) is 25.7 Å². The van der Waals surface area contributed by atoms with Crippen molar-refractivity contribution in [2.45, 2.75) is 44.6 Å². The van der Waals surface area contributed by atoms with Crippen LogP contribution in [-0.4, -0.2) is 18.3 Å². The van der Waals surface area contributed by atoms with Crippen molar-refractivity contribution in [1.82, 2.24) is 0 Å². The van der Waals surface area contributed by atoms with Gasteiger partial charge in [-0.15, -0.1) is 0 Å². The van der Waals surface area contributed by atoms with Crippen LogP contribution in [0.2, 0.25) is 0 Å². The lowest BCUT2D eigenvalue weighted by Crippen LogP contribution is -2.17. The van der Waals surface area contributed by atoms with Gasteiger partial charge in [-0.2, -0.15) is 0 Å². The Labute approximate surface area is 128 Å². The molecule has 1 heterocycles. The first-order valence-corrected chi connectivity index (χ1v) is 8.32. The predicted molar refractivity (Wildman–Crippen MR) is 81.3 cm³/mol. The number of benzene rings is 1. The molecule has 0 aromatic heterocycles. The normalized spacial score (nSPS) is 21.3. The van der Waals surface area contributed by atoms with E-state index >= 15 is 0 Å². The summed E-state index contributed by atoms with van der Waals surface area (Å²) in [5, 5.41) is 10.7. The van der Waals surface area contributed by atoms with Gasteiger partial charge in [0.05, 0.1) is 10.6 Å². The number of ether oxygens (including phenoxy) is 2. The lowest BCUT2D eigenvalue weighted by atomic mass is 9.89. The fraction of sp³-hybridized carbons (Fsp3) is 0.625. The van der Waals surface area contributed by atoms with E-state index in [4.69, 9.17) is 9.47 Å². The Hall–Kier alpha value is -0.740. The van der Waals surface area contributed by atoms with Crippen LogP contribution >= 0.6 is 15.9 Å².